The number of carbonyl (C=O) groups is 2. The van der Waals surface area contributed by atoms with Crippen LogP contribution in [0.25, 0.3) is 22.8 Å². The average molecular weight is 952 g/mol. The Labute approximate surface area is 402 Å². The molecule has 0 saturated carbocycles. The second-order valence-electron chi connectivity index (χ2n) is 23.7. The first-order valence-corrected chi connectivity index (χ1v) is 25.1. The minimum atomic E-state index is -0.485. The third-order valence-electron chi connectivity index (χ3n) is 11.0. The quantitative estimate of drug-likeness (QED) is 0.194. The molecular weight excluding hydrogens is 876 g/mol. The van der Waals surface area contributed by atoms with E-state index in [0.717, 1.165) is 81.5 Å². The van der Waals surface area contributed by atoms with Crippen LogP contribution >= 0.6 is 34.3 Å². The van der Waals surface area contributed by atoms with Gasteiger partial charge in [-0.2, -0.15) is 0 Å². The van der Waals surface area contributed by atoms with E-state index in [1.165, 1.54) is 11.3 Å². The molecule has 15 heteroatoms. The molecule has 2 saturated heterocycles. The van der Waals surface area contributed by atoms with Crippen LogP contribution in [0, 0.1) is 0 Å². The van der Waals surface area contributed by atoms with Gasteiger partial charge in [0.05, 0.1) is 38.5 Å². The summed E-state index contributed by atoms with van der Waals surface area (Å²) in [5.74, 6) is 2.27. The summed E-state index contributed by atoms with van der Waals surface area (Å²) in [6.45, 7) is 39.8. The minimum Gasteiger partial charge on any atom is -0.444 e. The molecule has 358 valence electrons. The molecule has 0 atom stereocenters. The highest BCUT2D eigenvalue weighted by Gasteiger charge is 2.33. The molecule has 0 radical (unpaired) electrons. The molecule has 2 fully saturated rings. The molecule has 2 aliphatic rings. The van der Waals surface area contributed by atoms with Gasteiger partial charge in [-0.3, -0.25) is 0 Å². The van der Waals surface area contributed by atoms with Crippen molar-refractivity contribution in [1.82, 2.24) is 39.7 Å². The Morgan fingerprint density at radius 1 is 0.538 bits per heavy atom. The second-order valence-corrected chi connectivity index (χ2v) is 26.2. The van der Waals surface area contributed by atoms with Crippen molar-refractivity contribution in [1.29, 1.82) is 0 Å². The van der Waals surface area contributed by atoms with Crippen LogP contribution in [0.2, 0.25) is 4.34 Å². The molecule has 2 amide bonds. The number of hydrogen-bond donors (Lipinski definition) is 0. The molecule has 6 rings (SSSR count). The summed E-state index contributed by atoms with van der Waals surface area (Å²) in [6.07, 6.45) is 3.01. The lowest BCUT2D eigenvalue weighted by Gasteiger charge is -2.32. The molecule has 0 unspecified atom stereocenters. The third-order valence-corrected chi connectivity index (χ3v) is 13.4. The summed E-state index contributed by atoms with van der Waals surface area (Å²) in [5.41, 5.74) is 3.88. The largest absolute Gasteiger partial charge is 0.444 e. The SMILES string of the molecule is CC(C)(C)OC(=O)N1CCC(c2nc(-c3cc(C(C)(C)C)nc(C(C)(C)C)n3)c(Cl)s2)CC1.CC(C)(C)OC(=O)N1CCC(c2nc(-c3cc(C(C)(C)C)nc(C(C)(C)C)n3)cs2)CC1. The Morgan fingerprint density at radius 3 is 1.34 bits per heavy atom. The van der Waals surface area contributed by atoms with Crippen LogP contribution in [0.4, 0.5) is 9.59 Å². The van der Waals surface area contributed by atoms with E-state index >= 15 is 0 Å². The van der Waals surface area contributed by atoms with Gasteiger partial charge in [0.1, 0.15) is 32.9 Å². The van der Waals surface area contributed by atoms with Crippen molar-refractivity contribution in [2.24, 2.45) is 0 Å². The molecule has 4 aromatic heterocycles. The van der Waals surface area contributed by atoms with E-state index in [9.17, 15) is 9.59 Å². The van der Waals surface area contributed by atoms with E-state index in [2.05, 4.69) is 94.5 Å². The summed E-state index contributed by atoms with van der Waals surface area (Å²) in [4.78, 5) is 57.7. The maximum Gasteiger partial charge on any atom is 0.410 e. The number of nitrogens with zero attached hydrogens (tertiary/aromatic N) is 8. The van der Waals surface area contributed by atoms with Gasteiger partial charge in [0.25, 0.3) is 0 Å². The molecule has 65 heavy (non-hydrogen) atoms. The van der Waals surface area contributed by atoms with Crippen LogP contribution in [0.1, 0.15) is 195 Å². The average Bonchev–Trinajstić information content (AvgIpc) is 3.83. The molecule has 2 aliphatic heterocycles. The van der Waals surface area contributed by atoms with Gasteiger partial charge in [-0.25, -0.2) is 39.5 Å². The molecule has 0 N–H and O–H groups in total. The van der Waals surface area contributed by atoms with Crippen LogP contribution in [0.3, 0.4) is 0 Å². The highest BCUT2D eigenvalue weighted by Crippen LogP contribution is 2.40. The Balaban J connectivity index is 0.000000244. The fraction of sp³-hybridized carbons (Fsp3) is 0.680. The number of piperidine rings is 2. The topological polar surface area (TPSA) is 136 Å². The van der Waals surface area contributed by atoms with Crippen molar-refractivity contribution in [3.05, 3.63) is 54.9 Å². The van der Waals surface area contributed by atoms with Gasteiger partial charge in [-0.05, 0) is 79.4 Å². The minimum absolute atomic E-state index is 0.0645. The van der Waals surface area contributed by atoms with E-state index in [4.69, 9.17) is 51.0 Å². The van der Waals surface area contributed by atoms with Crippen molar-refractivity contribution < 1.29 is 19.1 Å². The Morgan fingerprint density at radius 2 is 0.938 bits per heavy atom. The zero-order chi connectivity index (χ0) is 48.7. The molecular formula is C50H75ClN8O4S2. The smallest absolute Gasteiger partial charge is 0.410 e. The summed E-state index contributed by atoms with van der Waals surface area (Å²) >= 11 is 9.91. The number of aromatic nitrogens is 6. The lowest BCUT2D eigenvalue weighted by Crippen LogP contribution is -2.41. The normalized spacial score (nSPS) is 16.3. The van der Waals surface area contributed by atoms with Crippen LogP contribution in [0.5, 0.6) is 0 Å². The molecule has 6 heterocycles. The van der Waals surface area contributed by atoms with Gasteiger partial charge < -0.3 is 19.3 Å². The van der Waals surface area contributed by atoms with Crippen molar-refractivity contribution in [3.8, 4) is 22.8 Å². The van der Waals surface area contributed by atoms with E-state index in [-0.39, 0.29) is 39.8 Å². The van der Waals surface area contributed by atoms with Gasteiger partial charge in [-0.15, -0.1) is 22.7 Å². The van der Waals surface area contributed by atoms with Crippen LogP contribution in [-0.4, -0.2) is 89.3 Å². The number of carbonyl (C=O) groups excluding carboxylic acids is 2. The number of thiazole rings is 2. The van der Waals surface area contributed by atoms with Crippen molar-refractivity contribution in [2.75, 3.05) is 26.2 Å². The number of rotatable bonds is 4. The maximum atomic E-state index is 12.4. The molecule has 0 aliphatic carbocycles. The lowest BCUT2D eigenvalue weighted by molar-refractivity contribution is 0.0194. The van der Waals surface area contributed by atoms with Gasteiger partial charge in [0.2, 0.25) is 0 Å². The van der Waals surface area contributed by atoms with Crippen LogP contribution < -0.4 is 0 Å². The fourth-order valence-corrected chi connectivity index (χ4v) is 9.43. The van der Waals surface area contributed by atoms with Gasteiger partial charge in [-0.1, -0.05) is 94.7 Å². The zero-order valence-corrected chi connectivity index (χ0v) is 44.8. The summed E-state index contributed by atoms with van der Waals surface area (Å²) in [6, 6.07) is 4.10. The second kappa shape index (κ2) is 19.5. The number of halogens is 1. The van der Waals surface area contributed by atoms with Gasteiger partial charge in [0, 0.05) is 65.1 Å². The number of likely N-dealkylation sites (tertiary alicyclic amines) is 2. The van der Waals surface area contributed by atoms with Crippen molar-refractivity contribution in [3.63, 3.8) is 0 Å². The third kappa shape index (κ3) is 14.4. The Kier molecular flexibility index (Phi) is 15.6. The summed E-state index contributed by atoms with van der Waals surface area (Å²) in [7, 11) is 0. The first-order chi connectivity index (χ1) is 29.7. The maximum absolute atomic E-state index is 12.4. The molecule has 0 bridgehead atoms. The van der Waals surface area contributed by atoms with Gasteiger partial charge in [0.15, 0.2) is 0 Å². The predicted molar refractivity (Wildman–Crippen MR) is 266 cm³/mol. The lowest BCUT2D eigenvalue weighted by atomic mass is 9.89. The highest BCUT2D eigenvalue weighted by atomic mass is 35.5. The van der Waals surface area contributed by atoms with Crippen LogP contribution in [0.15, 0.2) is 17.5 Å². The van der Waals surface area contributed by atoms with Gasteiger partial charge >= 0.3 is 12.2 Å². The Bertz CT molecular complexity index is 2220. The van der Waals surface area contributed by atoms with E-state index in [1.807, 2.05) is 52.5 Å². The van der Waals surface area contributed by atoms with E-state index in [1.54, 1.807) is 16.2 Å². The number of amides is 2. The van der Waals surface area contributed by atoms with E-state index < -0.39 is 11.2 Å². The molecule has 0 spiro atoms. The molecule has 12 nitrogen and oxygen atoms in total. The highest BCUT2D eigenvalue weighted by molar-refractivity contribution is 7.16. The fourth-order valence-electron chi connectivity index (χ4n) is 7.10. The standard InChI is InChI=1S/C25H37ClN4O2S.C25H38N4O2S/c1-23(2,3)17-14-16(27-21(28-17)24(4,5)6)18-19(26)33-20(29-18)15-10-12-30(13-11-15)22(31)32-25(7,8)9;1-23(2,3)19-14-17(27-21(28-19)24(4,5)6)18-15-32-20(26-18)16-10-12-29(13-11-16)22(30)31-25(7,8)9/h14-15H,10-13H2,1-9H3;14-16H,10-13H2,1-9H3. The van der Waals surface area contributed by atoms with Crippen LogP contribution in [-0.2, 0) is 31.1 Å². The first-order valence-electron chi connectivity index (χ1n) is 23.1. The van der Waals surface area contributed by atoms with Crippen molar-refractivity contribution in [2.45, 2.75) is 195 Å². The van der Waals surface area contributed by atoms with E-state index in [0.29, 0.717) is 36.4 Å². The predicted octanol–water partition coefficient (Wildman–Crippen LogP) is 13.3. The first kappa shape index (κ1) is 52.2. The molecule has 0 aromatic carbocycles. The number of ether oxygens (including phenoxy) is 2. The molecule has 4 aromatic rings. The number of hydrogen-bond acceptors (Lipinski definition) is 12. The summed E-state index contributed by atoms with van der Waals surface area (Å²) in [5, 5.41) is 4.24. The van der Waals surface area contributed by atoms with Crippen molar-refractivity contribution >= 4 is 46.5 Å². The summed E-state index contributed by atoms with van der Waals surface area (Å²) < 4.78 is 11.7. The Hall–Kier alpha value is -3.75. The monoisotopic (exact) mass is 951 g/mol. The zero-order valence-electron chi connectivity index (χ0n) is 42.4.